The molecule has 5 nitrogen and oxygen atoms in total. The molecule has 0 unspecified atom stereocenters. The molecule has 1 aliphatic heterocycles. The summed E-state index contributed by atoms with van der Waals surface area (Å²) in [5, 5.41) is 3.40. The lowest BCUT2D eigenvalue weighted by atomic mass is 9.82. The van der Waals surface area contributed by atoms with Crippen LogP contribution >= 0.6 is 0 Å². The summed E-state index contributed by atoms with van der Waals surface area (Å²) in [6, 6.07) is 2.23. The van der Waals surface area contributed by atoms with E-state index >= 15 is 0 Å². The number of likely N-dealkylation sites (tertiary alicyclic amines) is 1. The van der Waals surface area contributed by atoms with E-state index in [0.29, 0.717) is 17.9 Å². The Morgan fingerprint density at radius 3 is 2.21 bits per heavy atom. The van der Waals surface area contributed by atoms with Crippen LogP contribution in [0.15, 0.2) is 18.5 Å². The number of hydrogen-bond donors (Lipinski definition) is 1. The lowest BCUT2D eigenvalue weighted by Gasteiger charge is -2.31. The van der Waals surface area contributed by atoms with Crippen molar-refractivity contribution >= 4 is 11.9 Å². The van der Waals surface area contributed by atoms with Gasteiger partial charge in [-0.1, -0.05) is 12.8 Å². The van der Waals surface area contributed by atoms with Crippen molar-refractivity contribution in [2.45, 2.75) is 57.4 Å². The van der Waals surface area contributed by atoms with Crippen LogP contribution in [0.5, 0.6) is 0 Å². The molecule has 1 saturated heterocycles. The number of nitrogens with one attached hydrogen (secondary N) is 1. The van der Waals surface area contributed by atoms with E-state index in [9.17, 15) is 4.79 Å². The Morgan fingerprint density at radius 2 is 1.58 bits per heavy atom. The van der Waals surface area contributed by atoms with Gasteiger partial charge in [0.05, 0.1) is 0 Å². The minimum Gasteiger partial charge on any atom is -0.351 e. The third kappa shape index (κ3) is 3.40. The second-order valence-corrected chi connectivity index (χ2v) is 7.81. The van der Waals surface area contributed by atoms with E-state index in [1.807, 2.05) is 6.07 Å². The predicted molar refractivity (Wildman–Crippen MR) is 93.4 cm³/mol. The van der Waals surface area contributed by atoms with Crippen LogP contribution in [-0.4, -0.2) is 39.9 Å². The fourth-order valence-corrected chi connectivity index (χ4v) is 4.88. The highest BCUT2D eigenvalue weighted by Gasteiger charge is 2.39. The summed E-state index contributed by atoms with van der Waals surface area (Å²) in [5.74, 6) is 2.95. The number of amides is 1. The molecule has 2 aliphatic carbocycles. The molecule has 1 aromatic rings. The average molecular weight is 328 g/mol. The Morgan fingerprint density at radius 1 is 0.958 bits per heavy atom. The molecule has 24 heavy (non-hydrogen) atoms. The quantitative estimate of drug-likeness (QED) is 0.926. The lowest BCUT2D eigenvalue weighted by molar-refractivity contribution is -0.135. The Kier molecular flexibility index (Phi) is 4.67. The van der Waals surface area contributed by atoms with Gasteiger partial charge in [0.25, 0.3) is 0 Å². The predicted octanol–water partition coefficient (Wildman–Crippen LogP) is 3.10. The van der Waals surface area contributed by atoms with Crippen LogP contribution in [0.25, 0.3) is 0 Å². The molecule has 3 aliphatic rings. The minimum absolute atomic E-state index is 0.236. The van der Waals surface area contributed by atoms with Gasteiger partial charge in [-0.25, -0.2) is 9.97 Å². The summed E-state index contributed by atoms with van der Waals surface area (Å²) in [6.45, 7) is 2.05. The van der Waals surface area contributed by atoms with Gasteiger partial charge < -0.3 is 10.2 Å². The number of carbonyl (C=O) groups excluding carboxylic acids is 1. The van der Waals surface area contributed by atoms with Crippen LogP contribution in [0.4, 0.5) is 5.95 Å². The van der Waals surface area contributed by atoms with E-state index in [4.69, 9.17) is 0 Å². The van der Waals surface area contributed by atoms with Crippen LogP contribution in [0.1, 0.15) is 51.4 Å². The summed E-state index contributed by atoms with van der Waals surface area (Å²) >= 11 is 0. The monoisotopic (exact) mass is 328 g/mol. The maximum atomic E-state index is 12.9. The van der Waals surface area contributed by atoms with Crippen LogP contribution in [-0.2, 0) is 4.79 Å². The van der Waals surface area contributed by atoms with Crippen LogP contribution < -0.4 is 5.32 Å². The van der Waals surface area contributed by atoms with E-state index in [0.717, 1.165) is 50.6 Å². The van der Waals surface area contributed by atoms with E-state index < -0.39 is 0 Å². The summed E-state index contributed by atoms with van der Waals surface area (Å²) in [7, 11) is 0. The van der Waals surface area contributed by atoms with Gasteiger partial charge in [0, 0.05) is 37.4 Å². The number of nitrogens with zero attached hydrogens (tertiary/aromatic N) is 3. The Labute approximate surface area is 144 Å². The molecule has 1 aromatic heterocycles. The van der Waals surface area contributed by atoms with Crippen LogP contribution in [0.3, 0.4) is 0 Å². The molecule has 130 valence electrons. The molecule has 0 spiro atoms. The van der Waals surface area contributed by atoms with E-state index in [2.05, 4.69) is 20.2 Å². The zero-order valence-electron chi connectivity index (χ0n) is 14.4. The molecule has 5 heteroatoms. The molecule has 1 amide bonds. The molecule has 2 atom stereocenters. The molecule has 0 bridgehead atoms. The second kappa shape index (κ2) is 7.08. The van der Waals surface area contributed by atoms with Gasteiger partial charge in [0.15, 0.2) is 0 Å². The summed E-state index contributed by atoms with van der Waals surface area (Å²) in [6.07, 6.45) is 13.0. The van der Waals surface area contributed by atoms with Crippen molar-refractivity contribution in [2.75, 3.05) is 18.4 Å². The maximum Gasteiger partial charge on any atom is 0.225 e. The SMILES string of the molecule is O=C(C1CCC(Nc2ncccn2)CC1)N1C[C@H]2CCCC[C@H]2C1. The fraction of sp³-hybridized carbons (Fsp3) is 0.737. The fourth-order valence-electron chi connectivity index (χ4n) is 4.88. The lowest BCUT2D eigenvalue weighted by Crippen LogP contribution is -2.38. The zero-order chi connectivity index (χ0) is 16.4. The van der Waals surface area contributed by atoms with Crippen molar-refractivity contribution in [3.05, 3.63) is 18.5 Å². The van der Waals surface area contributed by atoms with Gasteiger partial charge in [0.2, 0.25) is 11.9 Å². The van der Waals surface area contributed by atoms with E-state index in [1.54, 1.807) is 12.4 Å². The van der Waals surface area contributed by atoms with Gasteiger partial charge in [-0.3, -0.25) is 4.79 Å². The number of rotatable bonds is 3. The first-order valence-corrected chi connectivity index (χ1v) is 9.62. The molecule has 0 aromatic carbocycles. The third-order valence-electron chi connectivity index (χ3n) is 6.26. The number of hydrogen-bond acceptors (Lipinski definition) is 4. The second-order valence-electron chi connectivity index (χ2n) is 7.81. The number of anilines is 1. The van der Waals surface area contributed by atoms with E-state index in [1.165, 1.54) is 25.7 Å². The Hall–Kier alpha value is -1.65. The number of carbonyl (C=O) groups is 1. The van der Waals surface area contributed by atoms with E-state index in [-0.39, 0.29) is 5.92 Å². The van der Waals surface area contributed by atoms with Crippen molar-refractivity contribution in [3.8, 4) is 0 Å². The van der Waals surface area contributed by atoms with Crippen molar-refractivity contribution in [2.24, 2.45) is 17.8 Å². The average Bonchev–Trinajstić information content (AvgIpc) is 3.07. The topological polar surface area (TPSA) is 58.1 Å². The third-order valence-corrected chi connectivity index (χ3v) is 6.26. The first-order chi connectivity index (χ1) is 11.8. The smallest absolute Gasteiger partial charge is 0.225 e. The molecular formula is C19H28N4O. The van der Waals surface area contributed by atoms with Crippen molar-refractivity contribution < 1.29 is 4.79 Å². The first kappa shape index (κ1) is 15.9. The zero-order valence-corrected chi connectivity index (χ0v) is 14.4. The number of fused-ring (bicyclic) bond motifs is 1. The largest absolute Gasteiger partial charge is 0.351 e. The molecule has 4 rings (SSSR count). The van der Waals surface area contributed by atoms with Gasteiger partial charge in [0.1, 0.15) is 0 Å². The summed E-state index contributed by atoms with van der Waals surface area (Å²) in [5.41, 5.74) is 0. The highest BCUT2D eigenvalue weighted by atomic mass is 16.2. The first-order valence-electron chi connectivity index (χ1n) is 9.62. The van der Waals surface area contributed by atoms with Crippen molar-refractivity contribution in [1.82, 2.24) is 14.9 Å². The number of aromatic nitrogens is 2. The summed E-state index contributed by atoms with van der Waals surface area (Å²) < 4.78 is 0. The molecule has 2 saturated carbocycles. The van der Waals surface area contributed by atoms with Crippen molar-refractivity contribution in [3.63, 3.8) is 0 Å². The maximum absolute atomic E-state index is 12.9. The highest BCUT2D eigenvalue weighted by Crippen LogP contribution is 2.37. The normalized spacial score (nSPS) is 33.1. The minimum atomic E-state index is 0.236. The van der Waals surface area contributed by atoms with Gasteiger partial charge in [-0.05, 0) is 56.4 Å². The van der Waals surface area contributed by atoms with Gasteiger partial charge in [-0.15, -0.1) is 0 Å². The molecule has 1 N–H and O–H groups in total. The standard InChI is InChI=1S/C19H28N4O/c24-18(23-12-15-4-1-2-5-16(15)13-23)14-6-8-17(9-7-14)22-19-20-10-3-11-21-19/h3,10-11,14-17H,1-2,4-9,12-13H2,(H,20,21,22)/t14?,15-,16+,17?. The van der Waals surface area contributed by atoms with Crippen LogP contribution in [0.2, 0.25) is 0 Å². The Bertz CT molecular complexity index is 542. The molecule has 0 radical (unpaired) electrons. The molecule has 3 fully saturated rings. The van der Waals surface area contributed by atoms with Gasteiger partial charge >= 0.3 is 0 Å². The summed E-state index contributed by atoms with van der Waals surface area (Å²) in [4.78, 5) is 23.6. The molecular weight excluding hydrogens is 300 g/mol. The van der Waals surface area contributed by atoms with Crippen molar-refractivity contribution in [1.29, 1.82) is 0 Å². The Balaban J connectivity index is 1.27. The highest BCUT2D eigenvalue weighted by molar-refractivity contribution is 5.79. The molecule has 2 heterocycles. The van der Waals surface area contributed by atoms with Gasteiger partial charge in [-0.2, -0.15) is 0 Å². The van der Waals surface area contributed by atoms with Crippen LogP contribution in [0, 0.1) is 17.8 Å².